The average molecular weight is 228 g/mol. The van der Waals surface area contributed by atoms with Gasteiger partial charge in [-0.1, -0.05) is 24.6 Å². The minimum absolute atomic E-state index is 0.228. The monoisotopic (exact) mass is 227 g/mol. The van der Waals surface area contributed by atoms with Crippen LogP contribution in [0.4, 0.5) is 0 Å². The Bertz CT molecular complexity index is 326. The third kappa shape index (κ3) is 3.40. The molecule has 3 N–H and O–H groups in total. The molecule has 1 aromatic rings. The summed E-state index contributed by atoms with van der Waals surface area (Å²) in [5.41, 5.74) is 7.53. The van der Waals surface area contributed by atoms with E-state index in [2.05, 4.69) is 6.92 Å². The number of aryl methyl sites for hydroxylation is 2. The van der Waals surface area contributed by atoms with Crippen LogP contribution in [0.2, 0.25) is 5.02 Å². The van der Waals surface area contributed by atoms with Gasteiger partial charge in [0.05, 0.1) is 5.02 Å². The summed E-state index contributed by atoms with van der Waals surface area (Å²) in [5.74, 6) is 0.228. The van der Waals surface area contributed by atoms with E-state index in [-0.39, 0.29) is 5.75 Å². The first kappa shape index (κ1) is 12.3. The number of hydrogen-bond donors (Lipinski definition) is 2. The average Bonchev–Trinajstić information content (AvgIpc) is 2.24. The van der Waals surface area contributed by atoms with Gasteiger partial charge in [0.25, 0.3) is 0 Å². The second-order valence-electron chi connectivity index (χ2n) is 3.68. The number of unbranched alkanes of at least 4 members (excludes halogenated alkanes) is 1. The summed E-state index contributed by atoms with van der Waals surface area (Å²) >= 11 is 5.94. The van der Waals surface area contributed by atoms with Gasteiger partial charge >= 0.3 is 0 Å². The summed E-state index contributed by atoms with van der Waals surface area (Å²) in [4.78, 5) is 0. The highest BCUT2D eigenvalue weighted by atomic mass is 35.5. The number of phenolic OH excluding ortho intramolecular Hbond substituents is 1. The summed E-state index contributed by atoms with van der Waals surface area (Å²) in [5, 5.41) is 10.2. The fourth-order valence-electron chi connectivity index (χ4n) is 1.57. The molecule has 1 rings (SSSR count). The molecular formula is C12H18ClNO. The van der Waals surface area contributed by atoms with Gasteiger partial charge in [-0.15, -0.1) is 0 Å². The number of phenols is 1. The highest BCUT2D eigenvalue weighted by Gasteiger charge is 2.07. The zero-order chi connectivity index (χ0) is 11.3. The Morgan fingerprint density at radius 2 is 2.07 bits per heavy atom. The molecule has 2 nitrogen and oxygen atoms in total. The van der Waals surface area contributed by atoms with Crippen molar-refractivity contribution in [2.75, 3.05) is 6.54 Å². The highest BCUT2D eigenvalue weighted by molar-refractivity contribution is 6.32. The largest absolute Gasteiger partial charge is 0.506 e. The Labute approximate surface area is 96.1 Å². The van der Waals surface area contributed by atoms with Gasteiger partial charge in [-0.3, -0.25) is 0 Å². The molecule has 0 atom stereocenters. The first-order valence-electron chi connectivity index (χ1n) is 5.39. The molecule has 0 unspecified atom stereocenters. The van der Waals surface area contributed by atoms with Crippen molar-refractivity contribution in [2.45, 2.75) is 32.6 Å². The van der Waals surface area contributed by atoms with Crippen LogP contribution in [0, 0.1) is 0 Å². The van der Waals surface area contributed by atoms with Gasteiger partial charge in [-0.25, -0.2) is 0 Å². The number of hydrogen-bond acceptors (Lipinski definition) is 2. The molecule has 0 saturated carbocycles. The Morgan fingerprint density at radius 1 is 1.33 bits per heavy atom. The van der Waals surface area contributed by atoms with E-state index in [4.69, 9.17) is 17.3 Å². The van der Waals surface area contributed by atoms with Crippen LogP contribution in [0.15, 0.2) is 12.1 Å². The van der Waals surface area contributed by atoms with Gasteiger partial charge in [0.2, 0.25) is 0 Å². The molecule has 0 aromatic heterocycles. The van der Waals surface area contributed by atoms with Gasteiger partial charge in [-0.05, 0) is 49.4 Å². The van der Waals surface area contributed by atoms with Crippen LogP contribution < -0.4 is 5.73 Å². The summed E-state index contributed by atoms with van der Waals surface area (Å²) in [6.45, 7) is 2.77. The smallest absolute Gasteiger partial charge is 0.137 e. The zero-order valence-corrected chi connectivity index (χ0v) is 9.85. The number of aromatic hydroxyl groups is 1. The highest BCUT2D eigenvalue weighted by Crippen LogP contribution is 2.30. The summed E-state index contributed by atoms with van der Waals surface area (Å²) < 4.78 is 0. The maximum absolute atomic E-state index is 9.75. The van der Waals surface area contributed by atoms with Crippen LogP contribution in [-0.2, 0) is 12.8 Å². The molecule has 0 saturated heterocycles. The van der Waals surface area contributed by atoms with E-state index in [9.17, 15) is 5.11 Å². The van der Waals surface area contributed by atoms with E-state index >= 15 is 0 Å². The summed E-state index contributed by atoms with van der Waals surface area (Å²) in [6, 6.07) is 3.85. The van der Waals surface area contributed by atoms with E-state index < -0.39 is 0 Å². The molecule has 0 radical (unpaired) electrons. The lowest BCUT2D eigenvalue weighted by Gasteiger charge is -2.08. The molecule has 0 heterocycles. The number of rotatable bonds is 5. The summed E-state index contributed by atoms with van der Waals surface area (Å²) in [7, 11) is 0. The molecule has 0 spiro atoms. The molecule has 15 heavy (non-hydrogen) atoms. The molecule has 84 valence electrons. The molecule has 0 bridgehead atoms. The van der Waals surface area contributed by atoms with E-state index in [1.54, 1.807) is 0 Å². The lowest BCUT2D eigenvalue weighted by atomic mass is 10.0. The van der Waals surface area contributed by atoms with Crippen molar-refractivity contribution in [1.82, 2.24) is 0 Å². The van der Waals surface area contributed by atoms with Crippen LogP contribution in [-0.4, -0.2) is 11.7 Å². The molecule has 0 aliphatic heterocycles. The Balaban J connectivity index is 2.80. The Kier molecular flexibility index (Phi) is 4.92. The molecule has 0 fully saturated rings. The Morgan fingerprint density at radius 3 is 2.67 bits per heavy atom. The Hall–Kier alpha value is -0.730. The predicted octanol–water partition coefficient (Wildman–Crippen LogP) is 2.89. The summed E-state index contributed by atoms with van der Waals surface area (Å²) in [6.07, 6.45) is 3.75. The van der Waals surface area contributed by atoms with Gasteiger partial charge in [0, 0.05) is 0 Å². The first-order chi connectivity index (χ1) is 7.19. The van der Waals surface area contributed by atoms with E-state index in [0.29, 0.717) is 11.6 Å². The van der Waals surface area contributed by atoms with Gasteiger partial charge in [0.15, 0.2) is 0 Å². The quantitative estimate of drug-likeness (QED) is 0.760. The lowest BCUT2D eigenvalue weighted by Crippen LogP contribution is -1.99. The van der Waals surface area contributed by atoms with Crippen molar-refractivity contribution in [3.05, 3.63) is 28.3 Å². The van der Waals surface area contributed by atoms with Crippen LogP contribution in [0.1, 0.15) is 30.9 Å². The molecule has 0 amide bonds. The number of halogens is 1. The van der Waals surface area contributed by atoms with Crippen LogP contribution in [0.5, 0.6) is 5.75 Å². The van der Waals surface area contributed by atoms with Crippen LogP contribution in [0.25, 0.3) is 0 Å². The third-order valence-electron chi connectivity index (χ3n) is 2.51. The maximum Gasteiger partial charge on any atom is 0.137 e. The van der Waals surface area contributed by atoms with Gasteiger partial charge in [0.1, 0.15) is 5.75 Å². The van der Waals surface area contributed by atoms with Gasteiger partial charge < -0.3 is 10.8 Å². The van der Waals surface area contributed by atoms with Crippen molar-refractivity contribution in [3.63, 3.8) is 0 Å². The van der Waals surface area contributed by atoms with Crippen molar-refractivity contribution >= 4 is 11.6 Å². The molecule has 1 aromatic carbocycles. The standard InChI is InChI=1S/C12H18ClNO/c1-2-9-7-10(5-3-4-6-14)12(15)11(13)8-9/h7-8,15H,2-6,14H2,1H3. The molecule has 0 aliphatic rings. The minimum atomic E-state index is 0.228. The van der Waals surface area contributed by atoms with Crippen molar-refractivity contribution in [2.24, 2.45) is 5.73 Å². The first-order valence-corrected chi connectivity index (χ1v) is 5.77. The predicted molar refractivity (Wildman–Crippen MR) is 64.5 cm³/mol. The second kappa shape index (κ2) is 5.99. The van der Waals surface area contributed by atoms with E-state index in [1.165, 1.54) is 5.56 Å². The van der Waals surface area contributed by atoms with Crippen LogP contribution >= 0.6 is 11.6 Å². The molecule has 3 heteroatoms. The molecule has 0 aliphatic carbocycles. The van der Waals surface area contributed by atoms with E-state index in [1.807, 2.05) is 12.1 Å². The maximum atomic E-state index is 9.75. The van der Waals surface area contributed by atoms with Crippen molar-refractivity contribution < 1.29 is 5.11 Å². The molecular weight excluding hydrogens is 210 g/mol. The fourth-order valence-corrected chi connectivity index (χ4v) is 1.83. The number of nitrogens with two attached hydrogens (primary N) is 1. The normalized spacial score (nSPS) is 10.6. The van der Waals surface area contributed by atoms with Crippen molar-refractivity contribution in [3.8, 4) is 5.75 Å². The number of benzene rings is 1. The second-order valence-corrected chi connectivity index (χ2v) is 4.09. The zero-order valence-electron chi connectivity index (χ0n) is 9.09. The van der Waals surface area contributed by atoms with Gasteiger partial charge in [-0.2, -0.15) is 0 Å². The topological polar surface area (TPSA) is 46.2 Å². The minimum Gasteiger partial charge on any atom is -0.506 e. The lowest BCUT2D eigenvalue weighted by molar-refractivity contribution is 0.466. The van der Waals surface area contributed by atoms with Crippen molar-refractivity contribution in [1.29, 1.82) is 0 Å². The van der Waals surface area contributed by atoms with E-state index in [0.717, 1.165) is 31.2 Å². The SMILES string of the molecule is CCc1cc(Cl)c(O)c(CCCCN)c1. The van der Waals surface area contributed by atoms with Crippen LogP contribution in [0.3, 0.4) is 0 Å². The fraction of sp³-hybridized carbons (Fsp3) is 0.500. The third-order valence-corrected chi connectivity index (χ3v) is 2.80.